The first-order chi connectivity index (χ1) is 7.40. The minimum Gasteiger partial charge on any atom is -0.492 e. The molecule has 15 heavy (non-hydrogen) atoms. The fourth-order valence-electron chi connectivity index (χ4n) is 1.81. The van der Waals surface area contributed by atoms with Gasteiger partial charge >= 0.3 is 0 Å². The number of para-hydroxylation sites is 1. The Labute approximate surface area is 89.7 Å². The summed E-state index contributed by atoms with van der Waals surface area (Å²) in [6.07, 6.45) is 1.57. The Balaban J connectivity index is 2.07. The summed E-state index contributed by atoms with van der Waals surface area (Å²) in [5.41, 5.74) is 1.21. The zero-order valence-corrected chi connectivity index (χ0v) is 8.69. The predicted molar refractivity (Wildman–Crippen MR) is 57.9 cm³/mol. The third kappa shape index (κ3) is 2.57. The number of aldehydes is 1. The lowest BCUT2D eigenvalue weighted by atomic mass is 10.2. The van der Waals surface area contributed by atoms with Gasteiger partial charge in [0.05, 0.1) is 0 Å². The first-order valence-corrected chi connectivity index (χ1v) is 5.27. The molecule has 0 unspecified atom stereocenters. The maximum Gasteiger partial charge on any atom is 0.123 e. The van der Waals surface area contributed by atoms with Gasteiger partial charge in [0.25, 0.3) is 0 Å². The number of hydrogen-bond donors (Lipinski definition) is 0. The van der Waals surface area contributed by atoms with Crippen LogP contribution in [0.2, 0.25) is 0 Å². The Bertz CT molecular complexity index is 338. The standard InChI is InChI=1S/C12H15NO2/c14-8-3-6-13-7-9-15-12-5-2-1-4-11(12)10-13/h1-2,4-5,8H,3,6-7,9-10H2. The van der Waals surface area contributed by atoms with Crippen molar-refractivity contribution in [2.45, 2.75) is 13.0 Å². The molecule has 0 aromatic heterocycles. The molecule has 80 valence electrons. The van der Waals surface area contributed by atoms with E-state index in [9.17, 15) is 4.79 Å². The van der Waals surface area contributed by atoms with Crippen LogP contribution in [0.1, 0.15) is 12.0 Å². The lowest BCUT2D eigenvalue weighted by Crippen LogP contribution is -2.26. The van der Waals surface area contributed by atoms with Crippen LogP contribution >= 0.6 is 0 Å². The number of benzene rings is 1. The molecule has 1 aliphatic rings. The molecule has 3 nitrogen and oxygen atoms in total. The second-order valence-corrected chi connectivity index (χ2v) is 3.69. The van der Waals surface area contributed by atoms with Gasteiger partial charge in [-0.1, -0.05) is 18.2 Å². The molecule has 0 aliphatic carbocycles. The van der Waals surface area contributed by atoms with E-state index in [1.54, 1.807) is 0 Å². The van der Waals surface area contributed by atoms with E-state index in [0.717, 1.165) is 31.7 Å². The number of fused-ring (bicyclic) bond motifs is 1. The van der Waals surface area contributed by atoms with Gasteiger partial charge in [0.2, 0.25) is 0 Å². The summed E-state index contributed by atoms with van der Waals surface area (Å²) >= 11 is 0. The van der Waals surface area contributed by atoms with E-state index in [1.165, 1.54) is 5.56 Å². The van der Waals surface area contributed by atoms with Gasteiger partial charge in [-0.3, -0.25) is 4.90 Å². The average molecular weight is 205 g/mol. The monoisotopic (exact) mass is 205 g/mol. The Kier molecular flexibility index (Phi) is 3.35. The number of hydrogen-bond acceptors (Lipinski definition) is 3. The number of carbonyl (C=O) groups excluding carboxylic acids is 1. The van der Waals surface area contributed by atoms with Crippen LogP contribution in [0.15, 0.2) is 24.3 Å². The van der Waals surface area contributed by atoms with Crippen LogP contribution in [-0.4, -0.2) is 30.9 Å². The highest BCUT2D eigenvalue weighted by molar-refractivity contribution is 5.49. The smallest absolute Gasteiger partial charge is 0.123 e. The molecular formula is C12H15NO2. The highest BCUT2D eigenvalue weighted by Crippen LogP contribution is 2.22. The normalized spacial score (nSPS) is 16.3. The van der Waals surface area contributed by atoms with Crippen LogP contribution in [0.5, 0.6) is 5.75 Å². The van der Waals surface area contributed by atoms with Crippen LogP contribution in [0.25, 0.3) is 0 Å². The highest BCUT2D eigenvalue weighted by Gasteiger charge is 2.13. The van der Waals surface area contributed by atoms with Gasteiger partial charge in [-0.25, -0.2) is 0 Å². The first kappa shape index (κ1) is 10.2. The second-order valence-electron chi connectivity index (χ2n) is 3.69. The zero-order chi connectivity index (χ0) is 10.5. The minimum absolute atomic E-state index is 0.599. The molecule has 0 radical (unpaired) electrons. The molecule has 0 saturated heterocycles. The van der Waals surface area contributed by atoms with Gasteiger partial charge in [0.15, 0.2) is 0 Å². The zero-order valence-electron chi connectivity index (χ0n) is 8.69. The summed E-state index contributed by atoms with van der Waals surface area (Å²) in [5, 5.41) is 0. The van der Waals surface area contributed by atoms with E-state index in [2.05, 4.69) is 11.0 Å². The first-order valence-electron chi connectivity index (χ1n) is 5.27. The average Bonchev–Trinajstić information content (AvgIpc) is 2.47. The molecule has 0 saturated carbocycles. The van der Waals surface area contributed by atoms with Crippen molar-refractivity contribution in [3.63, 3.8) is 0 Å². The number of rotatable bonds is 3. The third-order valence-corrected chi connectivity index (χ3v) is 2.59. The highest BCUT2D eigenvalue weighted by atomic mass is 16.5. The van der Waals surface area contributed by atoms with Gasteiger partial charge in [-0.2, -0.15) is 0 Å². The van der Waals surface area contributed by atoms with Crippen LogP contribution < -0.4 is 4.74 Å². The van der Waals surface area contributed by atoms with E-state index in [1.807, 2.05) is 18.2 Å². The molecule has 1 heterocycles. The third-order valence-electron chi connectivity index (χ3n) is 2.59. The lowest BCUT2D eigenvalue weighted by molar-refractivity contribution is -0.108. The van der Waals surface area contributed by atoms with E-state index in [-0.39, 0.29) is 0 Å². The Hall–Kier alpha value is -1.35. The quantitative estimate of drug-likeness (QED) is 0.700. The summed E-state index contributed by atoms with van der Waals surface area (Å²) in [7, 11) is 0. The van der Waals surface area contributed by atoms with Crippen LogP contribution in [-0.2, 0) is 11.3 Å². The van der Waals surface area contributed by atoms with Crippen LogP contribution in [0, 0.1) is 0 Å². The van der Waals surface area contributed by atoms with Crippen LogP contribution in [0.3, 0.4) is 0 Å². The van der Waals surface area contributed by atoms with Crippen molar-refractivity contribution in [1.82, 2.24) is 4.90 Å². The number of ether oxygens (including phenoxy) is 1. The van der Waals surface area contributed by atoms with E-state index < -0.39 is 0 Å². The molecule has 3 heteroatoms. The van der Waals surface area contributed by atoms with Gasteiger partial charge in [0.1, 0.15) is 18.6 Å². The molecule has 1 aromatic rings. The van der Waals surface area contributed by atoms with Crippen molar-refractivity contribution in [1.29, 1.82) is 0 Å². The molecule has 0 fully saturated rings. The van der Waals surface area contributed by atoms with Crippen molar-refractivity contribution < 1.29 is 9.53 Å². The van der Waals surface area contributed by atoms with Crippen molar-refractivity contribution in [2.24, 2.45) is 0 Å². The largest absolute Gasteiger partial charge is 0.492 e. The topological polar surface area (TPSA) is 29.5 Å². The lowest BCUT2D eigenvalue weighted by Gasteiger charge is -2.17. The molecule has 1 aliphatic heterocycles. The Morgan fingerprint density at radius 3 is 3.13 bits per heavy atom. The molecule has 1 aromatic carbocycles. The van der Waals surface area contributed by atoms with Crippen molar-refractivity contribution >= 4 is 6.29 Å². The summed E-state index contributed by atoms with van der Waals surface area (Å²) in [6, 6.07) is 8.08. The Morgan fingerprint density at radius 2 is 2.27 bits per heavy atom. The fourth-order valence-corrected chi connectivity index (χ4v) is 1.81. The SMILES string of the molecule is O=CCCN1CCOc2ccccc2C1. The van der Waals surface area contributed by atoms with Gasteiger partial charge in [-0.15, -0.1) is 0 Å². The molecule has 0 atom stereocenters. The van der Waals surface area contributed by atoms with Gasteiger partial charge < -0.3 is 9.53 Å². The molecule has 2 rings (SSSR count). The second kappa shape index (κ2) is 4.94. The summed E-state index contributed by atoms with van der Waals surface area (Å²) in [4.78, 5) is 12.6. The maximum atomic E-state index is 10.3. The van der Waals surface area contributed by atoms with E-state index in [4.69, 9.17) is 4.74 Å². The predicted octanol–water partition coefficient (Wildman–Crippen LogP) is 1.47. The van der Waals surface area contributed by atoms with Crippen molar-refractivity contribution in [2.75, 3.05) is 19.7 Å². The summed E-state index contributed by atoms with van der Waals surface area (Å²) in [6.45, 7) is 3.30. The number of carbonyl (C=O) groups is 1. The molecule has 0 spiro atoms. The minimum atomic E-state index is 0.599. The van der Waals surface area contributed by atoms with E-state index >= 15 is 0 Å². The molecular weight excluding hydrogens is 190 g/mol. The molecule has 0 bridgehead atoms. The maximum absolute atomic E-state index is 10.3. The summed E-state index contributed by atoms with van der Waals surface area (Å²) in [5.74, 6) is 0.978. The Morgan fingerprint density at radius 1 is 1.40 bits per heavy atom. The fraction of sp³-hybridized carbons (Fsp3) is 0.417. The summed E-state index contributed by atoms with van der Waals surface area (Å²) < 4.78 is 5.63. The van der Waals surface area contributed by atoms with Gasteiger partial charge in [-0.05, 0) is 6.07 Å². The number of nitrogens with zero attached hydrogens (tertiary/aromatic N) is 1. The van der Waals surface area contributed by atoms with E-state index in [0.29, 0.717) is 13.0 Å². The molecule has 0 amide bonds. The van der Waals surface area contributed by atoms with Crippen molar-refractivity contribution in [3.05, 3.63) is 29.8 Å². The van der Waals surface area contributed by atoms with Crippen molar-refractivity contribution in [3.8, 4) is 5.75 Å². The molecule has 0 N–H and O–H groups in total. The van der Waals surface area contributed by atoms with Crippen LogP contribution in [0.4, 0.5) is 0 Å². The van der Waals surface area contributed by atoms with Gasteiger partial charge in [0, 0.05) is 31.6 Å².